The number of likely N-dealkylation sites (tertiary alicyclic amines) is 1. The van der Waals surface area contributed by atoms with Crippen molar-refractivity contribution in [1.82, 2.24) is 9.88 Å². The number of aromatic nitrogens is 1. The monoisotopic (exact) mass is 300 g/mol. The molecule has 1 saturated heterocycles. The second kappa shape index (κ2) is 7.70. The molecule has 0 aromatic carbocycles. The molecule has 0 spiro atoms. The first-order valence-electron chi connectivity index (χ1n) is 7.61. The van der Waals surface area contributed by atoms with E-state index in [0.29, 0.717) is 17.4 Å². The second-order valence-corrected chi connectivity index (χ2v) is 5.41. The van der Waals surface area contributed by atoms with Crippen molar-refractivity contribution in [2.45, 2.75) is 25.8 Å². The summed E-state index contributed by atoms with van der Waals surface area (Å²) in [6.07, 6.45) is 8.30. The molecule has 0 radical (unpaired) electrons. The van der Waals surface area contributed by atoms with E-state index in [1.807, 2.05) is 6.21 Å². The summed E-state index contributed by atoms with van der Waals surface area (Å²) in [5.74, 6) is 0. The van der Waals surface area contributed by atoms with Crippen molar-refractivity contribution in [3.63, 3.8) is 0 Å². The standard InChI is InChI=1S/C16H24N6/c1-2-22-5-3-14(4-6-22)20-11-13(8-17)12-7-15(19)16(9-18)21-10-12/h7-11,14,18H,2-6,17,19H2,1H3. The number of rotatable bonds is 5. The van der Waals surface area contributed by atoms with E-state index in [1.165, 1.54) is 6.20 Å². The fourth-order valence-corrected chi connectivity index (χ4v) is 2.55. The van der Waals surface area contributed by atoms with Crippen LogP contribution in [0, 0.1) is 5.41 Å². The molecule has 1 aliphatic rings. The highest BCUT2D eigenvalue weighted by atomic mass is 15.1. The maximum Gasteiger partial charge on any atom is 0.103 e. The molecule has 0 amide bonds. The van der Waals surface area contributed by atoms with Crippen molar-refractivity contribution >= 4 is 23.7 Å². The molecule has 118 valence electrons. The van der Waals surface area contributed by atoms with Crippen molar-refractivity contribution in [3.05, 3.63) is 29.7 Å². The van der Waals surface area contributed by atoms with E-state index in [2.05, 4.69) is 21.8 Å². The van der Waals surface area contributed by atoms with E-state index < -0.39 is 0 Å². The molecule has 0 atom stereocenters. The van der Waals surface area contributed by atoms with Crippen molar-refractivity contribution < 1.29 is 0 Å². The lowest BCUT2D eigenvalue weighted by molar-refractivity contribution is 0.224. The van der Waals surface area contributed by atoms with Gasteiger partial charge < -0.3 is 21.8 Å². The molecule has 0 saturated carbocycles. The summed E-state index contributed by atoms with van der Waals surface area (Å²) in [7, 11) is 0. The van der Waals surface area contributed by atoms with Gasteiger partial charge in [-0.05, 0) is 25.5 Å². The Balaban J connectivity index is 2.05. The van der Waals surface area contributed by atoms with Gasteiger partial charge in [-0.15, -0.1) is 0 Å². The van der Waals surface area contributed by atoms with Crippen LogP contribution in [-0.2, 0) is 0 Å². The van der Waals surface area contributed by atoms with Crippen molar-refractivity contribution in [1.29, 1.82) is 5.41 Å². The number of hydrogen-bond acceptors (Lipinski definition) is 6. The Morgan fingerprint density at radius 2 is 2.23 bits per heavy atom. The van der Waals surface area contributed by atoms with E-state index in [9.17, 15) is 0 Å². The highest BCUT2D eigenvalue weighted by molar-refractivity contribution is 6.10. The quantitative estimate of drug-likeness (QED) is 0.717. The van der Waals surface area contributed by atoms with Crippen LogP contribution >= 0.6 is 0 Å². The van der Waals surface area contributed by atoms with Gasteiger partial charge in [0.2, 0.25) is 0 Å². The summed E-state index contributed by atoms with van der Waals surface area (Å²) < 4.78 is 0. The molecule has 22 heavy (non-hydrogen) atoms. The number of nitrogen functional groups attached to an aromatic ring is 1. The zero-order valence-electron chi connectivity index (χ0n) is 13.0. The Kier molecular flexibility index (Phi) is 5.66. The van der Waals surface area contributed by atoms with Gasteiger partial charge >= 0.3 is 0 Å². The van der Waals surface area contributed by atoms with E-state index in [4.69, 9.17) is 16.9 Å². The molecule has 6 nitrogen and oxygen atoms in total. The number of nitrogens with zero attached hydrogens (tertiary/aromatic N) is 3. The van der Waals surface area contributed by atoms with Crippen molar-refractivity contribution in [3.8, 4) is 0 Å². The highest BCUT2D eigenvalue weighted by Crippen LogP contribution is 2.18. The van der Waals surface area contributed by atoms with Gasteiger partial charge in [0.1, 0.15) is 5.69 Å². The van der Waals surface area contributed by atoms with Crippen LogP contribution in [0.1, 0.15) is 31.0 Å². The van der Waals surface area contributed by atoms with Crippen molar-refractivity contribution in [2.75, 3.05) is 25.4 Å². The molecule has 0 bridgehead atoms. The molecular weight excluding hydrogens is 276 g/mol. The van der Waals surface area contributed by atoms with E-state index in [-0.39, 0.29) is 0 Å². The Hall–Kier alpha value is -2.21. The first kappa shape index (κ1) is 16.2. The number of hydrogen-bond donors (Lipinski definition) is 3. The molecule has 1 aromatic rings. The van der Waals surface area contributed by atoms with Crippen LogP contribution in [-0.4, -0.2) is 48.0 Å². The third-order valence-electron chi connectivity index (χ3n) is 4.03. The van der Waals surface area contributed by atoms with E-state index in [0.717, 1.165) is 49.8 Å². The molecule has 1 aromatic heterocycles. The largest absolute Gasteiger partial charge is 0.404 e. The first-order valence-corrected chi connectivity index (χ1v) is 7.61. The van der Waals surface area contributed by atoms with Gasteiger partial charge in [0.15, 0.2) is 0 Å². The first-order chi connectivity index (χ1) is 10.7. The lowest BCUT2D eigenvalue weighted by Crippen LogP contribution is -2.35. The fourth-order valence-electron chi connectivity index (χ4n) is 2.55. The number of pyridine rings is 1. The topological polar surface area (TPSA) is 104 Å². The number of nitrogens with two attached hydrogens (primary N) is 2. The summed E-state index contributed by atoms with van der Waals surface area (Å²) >= 11 is 0. The summed E-state index contributed by atoms with van der Waals surface area (Å²) in [5.41, 5.74) is 14.1. The molecule has 1 fully saturated rings. The number of anilines is 1. The maximum absolute atomic E-state index is 7.22. The lowest BCUT2D eigenvalue weighted by atomic mass is 10.1. The van der Waals surface area contributed by atoms with Crippen LogP contribution in [0.25, 0.3) is 5.57 Å². The van der Waals surface area contributed by atoms with Crippen molar-refractivity contribution in [2.24, 2.45) is 10.7 Å². The third-order valence-corrected chi connectivity index (χ3v) is 4.03. The minimum absolute atomic E-state index is 0.351. The lowest BCUT2D eigenvalue weighted by Gasteiger charge is -2.28. The molecule has 6 heteroatoms. The van der Waals surface area contributed by atoms with Gasteiger partial charge in [-0.25, -0.2) is 0 Å². The van der Waals surface area contributed by atoms with Gasteiger partial charge in [-0.1, -0.05) is 6.92 Å². The fraction of sp³-hybridized carbons (Fsp3) is 0.438. The van der Waals surface area contributed by atoms with Crippen LogP contribution in [0.15, 0.2) is 23.5 Å². The zero-order chi connectivity index (χ0) is 15.9. The summed E-state index contributed by atoms with van der Waals surface area (Å²) in [5, 5.41) is 7.22. The molecule has 2 heterocycles. The summed E-state index contributed by atoms with van der Waals surface area (Å²) in [4.78, 5) is 11.2. The summed E-state index contributed by atoms with van der Waals surface area (Å²) in [6.45, 7) is 5.49. The number of piperidine rings is 1. The van der Waals surface area contributed by atoms with Gasteiger partial charge in [0.05, 0.1) is 11.7 Å². The molecule has 1 aliphatic heterocycles. The molecule has 2 rings (SSSR count). The molecular formula is C16H24N6. The minimum atomic E-state index is 0.351. The van der Waals surface area contributed by atoms with Gasteiger partial charge in [-0.3, -0.25) is 9.98 Å². The minimum Gasteiger partial charge on any atom is -0.404 e. The van der Waals surface area contributed by atoms with Crippen LogP contribution in [0.5, 0.6) is 0 Å². The predicted molar refractivity (Wildman–Crippen MR) is 92.3 cm³/mol. The highest BCUT2D eigenvalue weighted by Gasteiger charge is 2.16. The predicted octanol–water partition coefficient (Wildman–Crippen LogP) is 1.52. The number of aliphatic imine (C=N–C) groups is 1. The molecule has 5 N–H and O–H groups in total. The Morgan fingerprint density at radius 1 is 1.50 bits per heavy atom. The average Bonchev–Trinajstić information content (AvgIpc) is 2.56. The third kappa shape index (κ3) is 3.92. The Bertz CT molecular complexity index is 570. The van der Waals surface area contributed by atoms with Gasteiger partial charge in [0, 0.05) is 49.1 Å². The number of allylic oxidation sites excluding steroid dienone is 1. The maximum atomic E-state index is 7.22. The van der Waals surface area contributed by atoms with Crippen LogP contribution in [0.4, 0.5) is 5.69 Å². The molecule has 0 unspecified atom stereocenters. The van der Waals surface area contributed by atoms with Gasteiger partial charge in [-0.2, -0.15) is 0 Å². The summed E-state index contributed by atoms with van der Waals surface area (Å²) in [6, 6.07) is 2.13. The Labute approximate surface area is 131 Å². The zero-order valence-corrected chi connectivity index (χ0v) is 13.0. The van der Waals surface area contributed by atoms with E-state index >= 15 is 0 Å². The van der Waals surface area contributed by atoms with Gasteiger partial charge in [0.25, 0.3) is 0 Å². The van der Waals surface area contributed by atoms with Crippen LogP contribution in [0.2, 0.25) is 0 Å². The Morgan fingerprint density at radius 3 is 2.77 bits per heavy atom. The second-order valence-electron chi connectivity index (χ2n) is 5.41. The van der Waals surface area contributed by atoms with Crippen LogP contribution in [0.3, 0.4) is 0 Å². The normalized spacial score (nSPS) is 18.0. The smallest absolute Gasteiger partial charge is 0.103 e. The molecule has 0 aliphatic carbocycles. The number of nitrogens with one attached hydrogen (secondary N) is 1. The average molecular weight is 300 g/mol. The SMILES string of the molecule is CCN1CCC(N=CC(=CN)c2cnc(C=N)c(N)c2)CC1. The van der Waals surface area contributed by atoms with E-state index in [1.54, 1.807) is 12.3 Å². The van der Waals surface area contributed by atoms with Crippen LogP contribution < -0.4 is 11.5 Å².